The number of hydrogen-bond acceptors (Lipinski definition) is 1. The first-order chi connectivity index (χ1) is 8.40. The lowest BCUT2D eigenvalue weighted by atomic mass is 10.0. The number of nitrogens with one attached hydrogen (secondary N) is 1. The second-order valence-electron chi connectivity index (χ2n) is 3.84. The van der Waals surface area contributed by atoms with Gasteiger partial charge in [0.2, 0.25) is 0 Å². The van der Waals surface area contributed by atoms with Crippen molar-refractivity contribution in [3.8, 4) is 11.1 Å². The van der Waals surface area contributed by atoms with Crippen molar-refractivity contribution >= 4 is 6.41 Å². The molecule has 1 N–H and O–H groups in total. The first kappa shape index (κ1) is 11.4. The summed E-state index contributed by atoms with van der Waals surface area (Å²) in [5.74, 6) is 0. The number of amides is 1. The molecular formula is C15H14NO. The van der Waals surface area contributed by atoms with Gasteiger partial charge in [0.05, 0.1) is 0 Å². The number of carbonyl (C=O) groups excluding carboxylic acids is 1. The van der Waals surface area contributed by atoms with Gasteiger partial charge < -0.3 is 5.32 Å². The van der Waals surface area contributed by atoms with Gasteiger partial charge in [-0.3, -0.25) is 4.79 Å². The Kier molecular flexibility index (Phi) is 3.92. The molecule has 2 aromatic carbocycles. The zero-order chi connectivity index (χ0) is 11.9. The highest BCUT2D eigenvalue weighted by Gasteiger charge is 1.97. The van der Waals surface area contributed by atoms with Crippen molar-refractivity contribution < 1.29 is 4.79 Å². The minimum Gasteiger partial charge on any atom is -0.348 e. The van der Waals surface area contributed by atoms with Crippen LogP contribution in [0.4, 0.5) is 0 Å². The van der Waals surface area contributed by atoms with Gasteiger partial charge in [-0.25, -0.2) is 0 Å². The summed E-state index contributed by atoms with van der Waals surface area (Å²) in [5, 5.41) is 2.54. The molecule has 0 bridgehead atoms. The van der Waals surface area contributed by atoms with Gasteiger partial charge in [0.1, 0.15) is 0 Å². The van der Waals surface area contributed by atoms with Crippen molar-refractivity contribution in [2.75, 3.05) is 6.54 Å². The molecule has 2 aromatic rings. The van der Waals surface area contributed by atoms with Crippen LogP contribution in [0, 0.1) is 0 Å². The summed E-state index contributed by atoms with van der Waals surface area (Å²) in [6, 6.07) is 18.7. The molecule has 1 amide bonds. The van der Waals surface area contributed by atoms with E-state index in [9.17, 15) is 4.79 Å². The van der Waals surface area contributed by atoms with Crippen LogP contribution in [0.3, 0.4) is 0 Å². The molecule has 0 unspecified atom stereocenters. The maximum absolute atomic E-state index is 10.00. The molecule has 0 saturated carbocycles. The van der Waals surface area contributed by atoms with Gasteiger partial charge in [-0.15, -0.1) is 0 Å². The molecule has 0 saturated heterocycles. The first-order valence-electron chi connectivity index (χ1n) is 5.64. The molecule has 0 aliphatic rings. The van der Waals surface area contributed by atoms with Crippen molar-refractivity contribution in [2.24, 2.45) is 0 Å². The summed E-state index contributed by atoms with van der Waals surface area (Å²) in [5.41, 5.74) is 3.65. The minimum absolute atomic E-state index is 0.633. The standard InChI is InChI=1S/C15H14NO/c17-12-16-11-10-13-6-8-15(9-7-13)14-4-2-1-3-5-14/h1-9H,10-11H2,(H,16,17). The van der Waals surface area contributed by atoms with E-state index in [2.05, 4.69) is 41.7 Å². The zero-order valence-corrected chi connectivity index (χ0v) is 9.52. The summed E-state index contributed by atoms with van der Waals surface area (Å²) in [6.45, 7) is 0.633. The van der Waals surface area contributed by atoms with Crippen molar-refractivity contribution in [3.63, 3.8) is 0 Å². The highest BCUT2D eigenvalue weighted by atomic mass is 16.1. The van der Waals surface area contributed by atoms with E-state index < -0.39 is 0 Å². The fourth-order valence-corrected chi connectivity index (χ4v) is 1.75. The smallest absolute Gasteiger partial charge is 0.309 e. The molecule has 0 heterocycles. The Labute approximate surface area is 101 Å². The predicted octanol–water partition coefficient (Wildman–Crippen LogP) is 2.55. The lowest BCUT2D eigenvalue weighted by molar-refractivity contribution is 0.542. The maximum Gasteiger partial charge on any atom is 0.309 e. The molecule has 85 valence electrons. The largest absolute Gasteiger partial charge is 0.348 e. The van der Waals surface area contributed by atoms with Crippen LogP contribution < -0.4 is 5.32 Å². The molecule has 1 radical (unpaired) electrons. The normalized spacial score (nSPS) is 9.88. The summed E-state index contributed by atoms with van der Waals surface area (Å²) >= 11 is 0. The Hall–Kier alpha value is -2.09. The molecule has 17 heavy (non-hydrogen) atoms. The number of benzene rings is 2. The molecule has 0 aliphatic heterocycles. The van der Waals surface area contributed by atoms with E-state index in [0.29, 0.717) is 6.54 Å². The Morgan fingerprint density at radius 3 is 2.18 bits per heavy atom. The summed E-state index contributed by atoms with van der Waals surface area (Å²) < 4.78 is 0. The van der Waals surface area contributed by atoms with Crippen molar-refractivity contribution in [1.82, 2.24) is 5.32 Å². The Morgan fingerprint density at radius 2 is 1.53 bits per heavy atom. The molecule has 0 aromatic heterocycles. The fourth-order valence-electron chi connectivity index (χ4n) is 1.75. The highest BCUT2D eigenvalue weighted by molar-refractivity contribution is 5.63. The third-order valence-corrected chi connectivity index (χ3v) is 2.67. The zero-order valence-electron chi connectivity index (χ0n) is 9.52. The van der Waals surface area contributed by atoms with Gasteiger partial charge in [0, 0.05) is 6.54 Å². The van der Waals surface area contributed by atoms with Crippen LogP contribution in [0.2, 0.25) is 0 Å². The van der Waals surface area contributed by atoms with Crippen LogP contribution in [0.1, 0.15) is 5.56 Å². The minimum atomic E-state index is 0.633. The lowest BCUT2D eigenvalue weighted by Gasteiger charge is -2.04. The van der Waals surface area contributed by atoms with E-state index in [1.165, 1.54) is 16.7 Å². The van der Waals surface area contributed by atoms with Gasteiger partial charge in [-0.2, -0.15) is 0 Å². The molecule has 0 spiro atoms. The van der Waals surface area contributed by atoms with Gasteiger partial charge >= 0.3 is 6.41 Å². The Morgan fingerprint density at radius 1 is 0.882 bits per heavy atom. The number of rotatable bonds is 5. The van der Waals surface area contributed by atoms with Gasteiger partial charge in [0.15, 0.2) is 0 Å². The Bertz CT molecular complexity index is 462. The molecule has 0 atom stereocenters. The fraction of sp³-hybridized carbons (Fsp3) is 0.133. The summed E-state index contributed by atoms with van der Waals surface area (Å²) in [7, 11) is 0. The van der Waals surface area contributed by atoms with Gasteiger partial charge in [-0.05, 0) is 23.1 Å². The van der Waals surface area contributed by atoms with Crippen molar-refractivity contribution in [3.05, 3.63) is 60.2 Å². The molecule has 0 aliphatic carbocycles. The van der Waals surface area contributed by atoms with Crippen LogP contribution in [0.5, 0.6) is 0 Å². The third-order valence-electron chi connectivity index (χ3n) is 2.67. The second-order valence-corrected chi connectivity index (χ2v) is 3.84. The molecule has 2 rings (SSSR count). The van der Waals surface area contributed by atoms with Crippen LogP contribution in [-0.4, -0.2) is 13.0 Å². The first-order valence-corrected chi connectivity index (χ1v) is 5.64. The molecule has 2 nitrogen and oxygen atoms in total. The molecule has 2 heteroatoms. The molecule has 0 fully saturated rings. The number of hydrogen-bond donors (Lipinski definition) is 1. The topological polar surface area (TPSA) is 29.1 Å². The van der Waals surface area contributed by atoms with Crippen molar-refractivity contribution in [2.45, 2.75) is 6.42 Å². The van der Waals surface area contributed by atoms with Crippen LogP contribution in [0.25, 0.3) is 11.1 Å². The van der Waals surface area contributed by atoms with E-state index in [0.717, 1.165) is 6.42 Å². The third kappa shape index (κ3) is 3.18. The highest BCUT2D eigenvalue weighted by Crippen LogP contribution is 2.19. The van der Waals surface area contributed by atoms with Gasteiger partial charge in [0.25, 0.3) is 0 Å². The monoisotopic (exact) mass is 224 g/mol. The average molecular weight is 224 g/mol. The van der Waals surface area contributed by atoms with Gasteiger partial charge in [-0.1, -0.05) is 54.6 Å². The Balaban J connectivity index is 2.05. The SMILES string of the molecule is O=[C]NCCc1ccc(-c2ccccc2)cc1. The quantitative estimate of drug-likeness (QED) is 0.613. The van der Waals surface area contributed by atoms with Crippen LogP contribution >= 0.6 is 0 Å². The summed E-state index contributed by atoms with van der Waals surface area (Å²) in [6.07, 6.45) is 2.51. The molecular weight excluding hydrogens is 210 g/mol. The van der Waals surface area contributed by atoms with E-state index in [1.807, 2.05) is 18.2 Å². The van der Waals surface area contributed by atoms with E-state index in [4.69, 9.17) is 0 Å². The second kappa shape index (κ2) is 5.85. The van der Waals surface area contributed by atoms with E-state index >= 15 is 0 Å². The maximum atomic E-state index is 10.00. The summed E-state index contributed by atoms with van der Waals surface area (Å²) in [4.78, 5) is 10.00. The van der Waals surface area contributed by atoms with Crippen LogP contribution in [-0.2, 0) is 11.2 Å². The van der Waals surface area contributed by atoms with Crippen LogP contribution in [0.15, 0.2) is 54.6 Å². The van der Waals surface area contributed by atoms with Crippen molar-refractivity contribution in [1.29, 1.82) is 0 Å². The predicted molar refractivity (Wildman–Crippen MR) is 69.3 cm³/mol. The average Bonchev–Trinajstić information content (AvgIpc) is 2.41. The lowest BCUT2D eigenvalue weighted by Crippen LogP contribution is -2.14. The van der Waals surface area contributed by atoms with E-state index in [-0.39, 0.29) is 0 Å². The van der Waals surface area contributed by atoms with E-state index in [1.54, 1.807) is 6.41 Å².